The van der Waals surface area contributed by atoms with E-state index in [0.717, 1.165) is 13.0 Å². The summed E-state index contributed by atoms with van der Waals surface area (Å²) in [4.78, 5) is 2.01. The summed E-state index contributed by atoms with van der Waals surface area (Å²) in [5.41, 5.74) is 1.28. The van der Waals surface area contributed by atoms with Gasteiger partial charge in [-0.3, -0.25) is 4.90 Å². The van der Waals surface area contributed by atoms with Crippen molar-refractivity contribution in [3.05, 3.63) is 60.1 Å². The zero-order valence-electron chi connectivity index (χ0n) is 10.4. The minimum atomic E-state index is -0.316. The number of likely N-dealkylation sites (N-methyl/N-ethyl adjacent to an activating group) is 1. The summed E-state index contributed by atoms with van der Waals surface area (Å²) in [7, 11) is 1.94. The minimum Gasteiger partial charge on any atom is -0.467 e. The molecule has 0 N–H and O–H groups in total. The number of benzene rings is 1. The maximum absolute atomic E-state index is 9.21. The zero-order chi connectivity index (χ0) is 12.8. The molecule has 0 spiro atoms. The third-order valence-electron chi connectivity index (χ3n) is 2.97. The average Bonchev–Trinajstić information content (AvgIpc) is 2.92. The van der Waals surface area contributed by atoms with E-state index in [4.69, 9.17) is 4.42 Å². The normalized spacial score (nSPS) is 12.3. The smallest absolute Gasteiger partial charge is 0.156 e. The Morgan fingerprint density at radius 1 is 1.22 bits per heavy atom. The Morgan fingerprint density at radius 3 is 2.61 bits per heavy atom. The van der Waals surface area contributed by atoms with Gasteiger partial charge in [0.15, 0.2) is 6.04 Å². The molecule has 2 aromatic rings. The number of nitrogens with zero attached hydrogens (tertiary/aromatic N) is 2. The number of hydrogen-bond acceptors (Lipinski definition) is 3. The molecule has 0 bridgehead atoms. The molecule has 1 unspecified atom stereocenters. The van der Waals surface area contributed by atoms with Crippen LogP contribution in [0.25, 0.3) is 0 Å². The Kier molecular flexibility index (Phi) is 4.16. The van der Waals surface area contributed by atoms with Crippen LogP contribution in [0, 0.1) is 11.3 Å². The van der Waals surface area contributed by atoms with Gasteiger partial charge in [-0.15, -0.1) is 0 Å². The van der Waals surface area contributed by atoms with E-state index in [1.165, 1.54) is 5.56 Å². The van der Waals surface area contributed by atoms with Crippen molar-refractivity contribution in [3.8, 4) is 6.07 Å². The van der Waals surface area contributed by atoms with Gasteiger partial charge in [0, 0.05) is 6.54 Å². The minimum absolute atomic E-state index is 0.316. The Balaban J connectivity index is 1.95. The molecule has 18 heavy (non-hydrogen) atoms. The lowest BCUT2D eigenvalue weighted by Gasteiger charge is -2.20. The van der Waals surface area contributed by atoms with Crippen LogP contribution in [-0.2, 0) is 6.42 Å². The van der Waals surface area contributed by atoms with Gasteiger partial charge in [-0.05, 0) is 31.2 Å². The van der Waals surface area contributed by atoms with Crippen LogP contribution < -0.4 is 0 Å². The van der Waals surface area contributed by atoms with Crippen molar-refractivity contribution in [2.75, 3.05) is 13.6 Å². The maximum Gasteiger partial charge on any atom is 0.156 e. The molecule has 0 aliphatic carbocycles. The van der Waals surface area contributed by atoms with E-state index in [-0.39, 0.29) is 6.04 Å². The molecule has 1 aromatic carbocycles. The molecule has 1 aromatic heterocycles. The molecular weight excluding hydrogens is 224 g/mol. The molecule has 0 aliphatic heterocycles. The summed E-state index contributed by atoms with van der Waals surface area (Å²) in [6, 6.07) is 15.9. The molecule has 3 nitrogen and oxygen atoms in total. The predicted molar refractivity (Wildman–Crippen MR) is 69.8 cm³/mol. The highest BCUT2D eigenvalue weighted by Gasteiger charge is 2.18. The molecule has 2 rings (SSSR count). The van der Waals surface area contributed by atoms with Crippen LogP contribution in [0.15, 0.2) is 53.1 Å². The lowest BCUT2D eigenvalue weighted by atomic mass is 10.1. The molecule has 1 atom stereocenters. The van der Waals surface area contributed by atoms with Gasteiger partial charge in [-0.25, -0.2) is 0 Å². The van der Waals surface area contributed by atoms with Gasteiger partial charge >= 0.3 is 0 Å². The molecule has 1 heterocycles. The van der Waals surface area contributed by atoms with E-state index in [0.29, 0.717) is 5.76 Å². The fourth-order valence-corrected chi connectivity index (χ4v) is 1.91. The zero-order valence-corrected chi connectivity index (χ0v) is 10.4. The monoisotopic (exact) mass is 240 g/mol. The van der Waals surface area contributed by atoms with E-state index in [9.17, 15) is 5.26 Å². The van der Waals surface area contributed by atoms with E-state index in [1.54, 1.807) is 6.26 Å². The largest absolute Gasteiger partial charge is 0.467 e. The highest BCUT2D eigenvalue weighted by Crippen LogP contribution is 2.19. The number of nitriles is 1. The highest BCUT2D eigenvalue weighted by molar-refractivity contribution is 5.16. The van der Waals surface area contributed by atoms with Crippen LogP contribution >= 0.6 is 0 Å². The van der Waals surface area contributed by atoms with Crippen molar-refractivity contribution in [1.82, 2.24) is 4.90 Å². The summed E-state index contributed by atoms with van der Waals surface area (Å²) >= 11 is 0. The van der Waals surface area contributed by atoms with Crippen LogP contribution in [0.1, 0.15) is 17.4 Å². The van der Waals surface area contributed by atoms with E-state index in [1.807, 2.05) is 42.3 Å². The Hall–Kier alpha value is -2.05. The van der Waals surface area contributed by atoms with Crippen molar-refractivity contribution < 1.29 is 4.42 Å². The van der Waals surface area contributed by atoms with Crippen molar-refractivity contribution in [3.63, 3.8) is 0 Å². The SMILES string of the molecule is CN(CCc1ccccc1)C(C#N)c1ccco1. The molecule has 0 saturated heterocycles. The molecular formula is C15H16N2O. The molecule has 0 aliphatic rings. The fraction of sp³-hybridized carbons (Fsp3) is 0.267. The van der Waals surface area contributed by atoms with Gasteiger partial charge in [-0.1, -0.05) is 30.3 Å². The van der Waals surface area contributed by atoms with E-state index in [2.05, 4.69) is 18.2 Å². The molecule has 92 valence electrons. The van der Waals surface area contributed by atoms with Crippen LogP contribution in [0.3, 0.4) is 0 Å². The van der Waals surface area contributed by atoms with E-state index >= 15 is 0 Å². The second-order valence-corrected chi connectivity index (χ2v) is 4.26. The molecule has 3 heteroatoms. The summed E-state index contributed by atoms with van der Waals surface area (Å²) < 4.78 is 5.30. The average molecular weight is 240 g/mol. The van der Waals surface area contributed by atoms with Crippen molar-refractivity contribution in [2.45, 2.75) is 12.5 Å². The first-order valence-electron chi connectivity index (χ1n) is 5.98. The van der Waals surface area contributed by atoms with Gasteiger partial charge in [0.2, 0.25) is 0 Å². The van der Waals surface area contributed by atoms with Gasteiger partial charge in [0.25, 0.3) is 0 Å². The van der Waals surface area contributed by atoms with E-state index < -0.39 is 0 Å². The summed E-state index contributed by atoms with van der Waals surface area (Å²) in [6.07, 6.45) is 2.53. The van der Waals surface area contributed by atoms with Gasteiger partial charge in [0.1, 0.15) is 5.76 Å². The maximum atomic E-state index is 9.21. The summed E-state index contributed by atoms with van der Waals surface area (Å²) in [6.45, 7) is 0.822. The third-order valence-corrected chi connectivity index (χ3v) is 2.97. The lowest BCUT2D eigenvalue weighted by molar-refractivity contribution is 0.263. The predicted octanol–water partition coefficient (Wildman–Crippen LogP) is 3.02. The molecule has 0 amide bonds. The molecule has 0 fully saturated rings. The second-order valence-electron chi connectivity index (χ2n) is 4.26. The first-order valence-corrected chi connectivity index (χ1v) is 5.98. The van der Waals surface area contributed by atoms with Crippen LogP contribution in [0.2, 0.25) is 0 Å². The quantitative estimate of drug-likeness (QED) is 0.806. The van der Waals surface area contributed by atoms with Crippen molar-refractivity contribution in [1.29, 1.82) is 5.26 Å². The van der Waals surface area contributed by atoms with Crippen molar-refractivity contribution in [2.24, 2.45) is 0 Å². The Morgan fingerprint density at radius 2 is 2.00 bits per heavy atom. The molecule has 0 saturated carbocycles. The van der Waals surface area contributed by atoms with Gasteiger partial charge in [0.05, 0.1) is 12.3 Å². The molecule has 0 radical (unpaired) electrons. The highest BCUT2D eigenvalue weighted by atomic mass is 16.3. The van der Waals surface area contributed by atoms with Crippen LogP contribution in [0.5, 0.6) is 0 Å². The van der Waals surface area contributed by atoms with Crippen molar-refractivity contribution >= 4 is 0 Å². The first-order chi connectivity index (χ1) is 8.81. The fourth-order valence-electron chi connectivity index (χ4n) is 1.91. The lowest BCUT2D eigenvalue weighted by Crippen LogP contribution is -2.25. The Bertz CT molecular complexity index is 499. The summed E-state index contributed by atoms with van der Waals surface area (Å²) in [5, 5.41) is 9.21. The van der Waals surface area contributed by atoms with Gasteiger partial charge < -0.3 is 4.42 Å². The van der Waals surface area contributed by atoms with Crippen LogP contribution in [0.4, 0.5) is 0 Å². The summed E-state index contributed by atoms with van der Waals surface area (Å²) in [5.74, 6) is 0.702. The Labute approximate surface area is 107 Å². The van der Waals surface area contributed by atoms with Gasteiger partial charge in [-0.2, -0.15) is 5.26 Å². The second kappa shape index (κ2) is 6.04. The number of furan rings is 1. The van der Waals surface area contributed by atoms with Crippen LogP contribution in [-0.4, -0.2) is 18.5 Å². The standard InChI is InChI=1S/C15H16N2O/c1-17(10-9-13-6-3-2-4-7-13)14(12-16)15-8-5-11-18-15/h2-8,11,14H,9-10H2,1H3. The number of rotatable bonds is 5. The number of hydrogen-bond donors (Lipinski definition) is 0. The first kappa shape index (κ1) is 12.4. The topological polar surface area (TPSA) is 40.2 Å². The third kappa shape index (κ3) is 2.99.